The van der Waals surface area contributed by atoms with Crippen LogP contribution in [0.1, 0.15) is 24.8 Å². The fourth-order valence-corrected chi connectivity index (χ4v) is 2.85. The molecule has 0 spiro atoms. The molecule has 1 aliphatic carbocycles. The van der Waals surface area contributed by atoms with Crippen molar-refractivity contribution in [3.05, 3.63) is 35.9 Å². The van der Waals surface area contributed by atoms with Crippen LogP contribution >= 0.6 is 0 Å². The average molecular weight is 287 g/mol. The lowest BCUT2D eigenvalue weighted by Gasteiger charge is -2.33. The predicted octanol–water partition coefficient (Wildman–Crippen LogP) is 1.50. The molecule has 0 unspecified atom stereocenters. The van der Waals surface area contributed by atoms with Crippen LogP contribution in [0.15, 0.2) is 30.3 Å². The van der Waals surface area contributed by atoms with E-state index in [1.54, 1.807) is 0 Å². The molecule has 0 aromatic heterocycles. The minimum atomic E-state index is -0.429. The van der Waals surface area contributed by atoms with E-state index in [0.29, 0.717) is 19.0 Å². The van der Waals surface area contributed by atoms with Crippen LogP contribution < -0.4 is 10.6 Å². The standard InChI is InChI=1S/C16H21N3O2/c20-15(14-9-17-16(21)18-14)19(11-13-7-4-8-13)10-12-5-2-1-3-6-12/h1-3,5-6,13-14H,4,7-11H2,(H2,17,18,21)/t14-/m1/s1. The van der Waals surface area contributed by atoms with Crippen molar-refractivity contribution < 1.29 is 9.59 Å². The second-order valence-corrected chi connectivity index (χ2v) is 5.91. The normalized spacial score (nSPS) is 21.3. The van der Waals surface area contributed by atoms with Crippen LogP contribution in [0, 0.1) is 5.92 Å². The highest BCUT2D eigenvalue weighted by Crippen LogP contribution is 2.28. The Morgan fingerprint density at radius 1 is 1.24 bits per heavy atom. The van der Waals surface area contributed by atoms with Crippen molar-refractivity contribution >= 4 is 11.9 Å². The first-order valence-electron chi connectivity index (χ1n) is 7.59. The summed E-state index contributed by atoms with van der Waals surface area (Å²) in [6.07, 6.45) is 3.67. The van der Waals surface area contributed by atoms with Gasteiger partial charge < -0.3 is 15.5 Å². The Morgan fingerprint density at radius 3 is 2.57 bits per heavy atom. The Labute approximate surface area is 124 Å². The van der Waals surface area contributed by atoms with Crippen molar-refractivity contribution in [2.24, 2.45) is 5.92 Å². The molecule has 3 rings (SSSR count). The minimum Gasteiger partial charge on any atom is -0.336 e. The van der Waals surface area contributed by atoms with Gasteiger partial charge in [0.1, 0.15) is 6.04 Å². The maximum atomic E-state index is 12.6. The number of nitrogens with zero attached hydrogens (tertiary/aromatic N) is 1. The molecule has 1 aromatic rings. The summed E-state index contributed by atoms with van der Waals surface area (Å²) in [6.45, 7) is 1.79. The van der Waals surface area contributed by atoms with Gasteiger partial charge in [0.2, 0.25) is 5.91 Å². The SMILES string of the molecule is O=C1NC[C@H](C(=O)N(Cc2ccccc2)CC2CCC2)N1. The number of amides is 3. The van der Waals surface area contributed by atoms with Crippen molar-refractivity contribution in [3.8, 4) is 0 Å². The van der Waals surface area contributed by atoms with Crippen LogP contribution in [0.4, 0.5) is 4.79 Å². The highest BCUT2D eigenvalue weighted by molar-refractivity contribution is 5.90. The molecule has 1 atom stereocenters. The fraction of sp³-hybridized carbons (Fsp3) is 0.500. The lowest BCUT2D eigenvalue weighted by atomic mass is 9.85. The van der Waals surface area contributed by atoms with Crippen molar-refractivity contribution in [1.82, 2.24) is 15.5 Å². The van der Waals surface area contributed by atoms with E-state index in [1.807, 2.05) is 35.2 Å². The van der Waals surface area contributed by atoms with Crippen molar-refractivity contribution in [1.29, 1.82) is 0 Å². The number of carbonyl (C=O) groups excluding carboxylic acids is 2. The first-order valence-corrected chi connectivity index (χ1v) is 7.59. The second kappa shape index (κ2) is 6.16. The van der Waals surface area contributed by atoms with Gasteiger partial charge >= 0.3 is 6.03 Å². The number of nitrogens with one attached hydrogen (secondary N) is 2. The van der Waals surface area contributed by atoms with Crippen molar-refractivity contribution in [3.63, 3.8) is 0 Å². The van der Waals surface area contributed by atoms with Gasteiger partial charge in [0, 0.05) is 19.6 Å². The molecule has 0 radical (unpaired) electrons. The molecule has 1 saturated heterocycles. The zero-order valence-corrected chi connectivity index (χ0v) is 12.0. The van der Waals surface area contributed by atoms with E-state index in [2.05, 4.69) is 10.6 Å². The molecule has 0 bridgehead atoms. The quantitative estimate of drug-likeness (QED) is 0.862. The summed E-state index contributed by atoms with van der Waals surface area (Å²) in [4.78, 5) is 25.8. The largest absolute Gasteiger partial charge is 0.336 e. The monoisotopic (exact) mass is 287 g/mol. The van der Waals surface area contributed by atoms with Gasteiger partial charge in [0.25, 0.3) is 0 Å². The molecule has 1 heterocycles. The Kier molecular flexibility index (Phi) is 4.08. The number of urea groups is 1. The van der Waals surface area contributed by atoms with Crippen LogP contribution in [0.3, 0.4) is 0 Å². The number of hydrogen-bond donors (Lipinski definition) is 2. The molecule has 1 saturated carbocycles. The van der Waals surface area contributed by atoms with Crippen LogP contribution in [0.2, 0.25) is 0 Å². The van der Waals surface area contributed by atoms with Gasteiger partial charge in [0.15, 0.2) is 0 Å². The average Bonchev–Trinajstić information content (AvgIpc) is 2.88. The third-order valence-corrected chi connectivity index (χ3v) is 4.30. The van der Waals surface area contributed by atoms with Crippen molar-refractivity contribution in [2.45, 2.75) is 31.8 Å². The van der Waals surface area contributed by atoms with Gasteiger partial charge in [-0.05, 0) is 24.3 Å². The molecule has 2 fully saturated rings. The number of rotatable bonds is 5. The summed E-state index contributed by atoms with van der Waals surface area (Å²) in [5.74, 6) is 0.631. The number of carbonyl (C=O) groups is 2. The molecule has 21 heavy (non-hydrogen) atoms. The Hall–Kier alpha value is -2.04. The zero-order valence-electron chi connectivity index (χ0n) is 12.0. The smallest absolute Gasteiger partial charge is 0.315 e. The summed E-state index contributed by atoms with van der Waals surface area (Å²) in [7, 11) is 0. The third-order valence-electron chi connectivity index (χ3n) is 4.30. The maximum absolute atomic E-state index is 12.6. The summed E-state index contributed by atoms with van der Waals surface area (Å²) >= 11 is 0. The lowest BCUT2D eigenvalue weighted by molar-refractivity contribution is -0.134. The number of hydrogen-bond acceptors (Lipinski definition) is 2. The molecular weight excluding hydrogens is 266 g/mol. The van der Waals surface area contributed by atoms with Gasteiger partial charge in [-0.15, -0.1) is 0 Å². The van der Waals surface area contributed by atoms with E-state index >= 15 is 0 Å². The summed E-state index contributed by atoms with van der Waals surface area (Å²) in [5, 5.41) is 5.34. The highest BCUT2D eigenvalue weighted by Gasteiger charge is 2.32. The Morgan fingerprint density at radius 2 is 2.00 bits per heavy atom. The molecule has 2 aliphatic rings. The Bertz CT molecular complexity index is 514. The van der Waals surface area contributed by atoms with Gasteiger partial charge in [-0.1, -0.05) is 36.8 Å². The van der Waals surface area contributed by atoms with Gasteiger partial charge in [-0.25, -0.2) is 4.79 Å². The van der Waals surface area contributed by atoms with E-state index in [9.17, 15) is 9.59 Å². The summed E-state index contributed by atoms with van der Waals surface area (Å²) < 4.78 is 0. The molecule has 5 heteroatoms. The molecule has 5 nitrogen and oxygen atoms in total. The van der Waals surface area contributed by atoms with Crippen LogP contribution in [0.25, 0.3) is 0 Å². The second-order valence-electron chi connectivity index (χ2n) is 5.91. The van der Waals surface area contributed by atoms with Gasteiger partial charge in [-0.3, -0.25) is 4.79 Å². The van der Waals surface area contributed by atoms with E-state index in [4.69, 9.17) is 0 Å². The summed E-state index contributed by atoms with van der Waals surface area (Å²) in [5.41, 5.74) is 1.13. The molecule has 1 aromatic carbocycles. The van der Waals surface area contributed by atoms with E-state index in [-0.39, 0.29) is 11.9 Å². The summed E-state index contributed by atoms with van der Waals surface area (Å²) in [6, 6.07) is 9.33. The number of benzene rings is 1. The van der Waals surface area contributed by atoms with Crippen LogP contribution in [-0.2, 0) is 11.3 Å². The van der Waals surface area contributed by atoms with Gasteiger partial charge in [0.05, 0.1) is 0 Å². The first-order chi connectivity index (χ1) is 10.2. The van der Waals surface area contributed by atoms with Crippen LogP contribution in [0.5, 0.6) is 0 Å². The Balaban J connectivity index is 1.68. The van der Waals surface area contributed by atoms with E-state index in [0.717, 1.165) is 12.1 Å². The molecular formula is C16H21N3O2. The predicted molar refractivity (Wildman–Crippen MR) is 79.5 cm³/mol. The van der Waals surface area contributed by atoms with E-state index < -0.39 is 6.04 Å². The third kappa shape index (κ3) is 3.35. The minimum absolute atomic E-state index is 0.0177. The molecule has 112 valence electrons. The fourth-order valence-electron chi connectivity index (χ4n) is 2.85. The maximum Gasteiger partial charge on any atom is 0.315 e. The van der Waals surface area contributed by atoms with Crippen LogP contribution in [-0.4, -0.2) is 36.0 Å². The molecule has 3 amide bonds. The highest BCUT2D eigenvalue weighted by atomic mass is 16.2. The first kappa shape index (κ1) is 13.9. The van der Waals surface area contributed by atoms with E-state index in [1.165, 1.54) is 19.3 Å². The van der Waals surface area contributed by atoms with Crippen molar-refractivity contribution in [2.75, 3.05) is 13.1 Å². The van der Waals surface area contributed by atoms with Gasteiger partial charge in [-0.2, -0.15) is 0 Å². The molecule has 2 N–H and O–H groups in total. The topological polar surface area (TPSA) is 61.4 Å². The molecule has 1 aliphatic heterocycles. The lowest BCUT2D eigenvalue weighted by Crippen LogP contribution is -2.47. The zero-order chi connectivity index (χ0) is 14.7.